The molecule has 0 aliphatic carbocycles. The minimum absolute atomic E-state index is 0. The lowest BCUT2D eigenvalue weighted by Gasteiger charge is -2.12. The third-order valence-corrected chi connectivity index (χ3v) is 5.08. The number of imidazole rings is 1. The Hall–Kier alpha value is -4.16. The molecule has 1 heterocycles. The number of ether oxygens (including phenoxy) is 2. The van der Waals surface area contributed by atoms with Crippen molar-refractivity contribution in [2.24, 2.45) is 0 Å². The van der Waals surface area contributed by atoms with Crippen LogP contribution < -0.4 is 20.7 Å². The smallest absolute Gasteiger partial charge is 0.416 e. The van der Waals surface area contributed by atoms with Gasteiger partial charge in [-0.3, -0.25) is 5.32 Å². The van der Waals surface area contributed by atoms with E-state index >= 15 is 0 Å². The summed E-state index contributed by atoms with van der Waals surface area (Å²) in [5.41, 5.74) is 0.462. The van der Waals surface area contributed by atoms with Crippen molar-refractivity contribution in [3.63, 3.8) is 0 Å². The van der Waals surface area contributed by atoms with Crippen LogP contribution in [0.3, 0.4) is 0 Å². The summed E-state index contributed by atoms with van der Waals surface area (Å²) >= 11 is 5.90. The van der Waals surface area contributed by atoms with E-state index in [2.05, 4.69) is 30.7 Å². The molecule has 4 N–H and O–H groups in total. The molecule has 0 saturated heterocycles. The van der Waals surface area contributed by atoms with Gasteiger partial charge in [-0.05, 0) is 54.6 Å². The largest absolute Gasteiger partial charge is 0.457 e. The summed E-state index contributed by atoms with van der Waals surface area (Å²) in [6, 6.07) is 13.2. The molecule has 0 unspecified atom stereocenters. The number of aromatic nitrogens is 2. The Labute approximate surface area is 218 Å². The number of amides is 3. The van der Waals surface area contributed by atoms with Gasteiger partial charge in [0.05, 0.1) is 34.4 Å². The molecule has 194 valence electrons. The van der Waals surface area contributed by atoms with Gasteiger partial charge in [0.15, 0.2) is 0 Å². The highest BCUT2D eigenvalue weighted by Gasteiger charge is 2.31. The third-order valence-electron chi connectivity index (χ3n) is 4.75. The number of H-pyrrole nitrogens is 1. The van der Waals surface area contributed by atoms with Gasteiger partial charge in [0.2, 0.25) is 5.95 Å². The first-order valence-corrected chi connectivity index (χ1v) is 10.6. The van der Waals surface area contributed by atoms with Crippen molar-refractivity contribution in [3.05, 3.63) is 71.2 Å². The second-order valence-electron chi connectivity index (χ2n) is 7.28. The number of nitrogens with zero attached hydrogens (tertiary/aromatic N) is 1. The van der Waals surface area contributed by atoms with Crippen molar-refractivity contribution in [1.82, 2.24) is 9.97 Å². The van der Waals surface area contributed by atoms with Crippen molar-refractivity contribution >= 4 is 64.5 Å². The number of alkyl halides is 3. The molecule has 0 fully saturated rings. The molecule has 0 aliphatic rings. The molecule has 0 atom stereocenters. The van der Waals surface area contributed by atoms with Gasteiger partial charge in [-0.25, -0.2) is 14.6 Å². The first-order chi connectivity index (χ1) is 17.1. The lowest BCUT2D eigenvalue weighted by atomic mass is 10.2. The number of fused-ring (bicyclic) bond motifs is 1. The number of anilines is 3. The van der Waals surface area contributed by atoms with Crippen LogP contribution in [-0.4, -0.2) is 29.2 Å². The van der Waals surface area contributed by atoms with E-state index in [0.29, 0.717) is 28.2 Å². The normalized spacial score (nSPS) is 10.8. The first-order valence-electron chi connectivity index (χ1n) is 10.2. The zero-order valence-corrected chi connectivity index (χ0v) is 20.3. The third kappa shape index (κ3) is 6.96. The Morgan fingerprint density at radius 3 is 2.32 bits per heavy atom. The molecule has 3 amide bonds. The Kier molecular flexibility index (Phi) is 8.35. The molecule has 4 aromatic rings. The first kappa shape index (κ1) is 27.4. The number of benzene rings is 3. The van der Waals surface area contributed by atoms with Gasteiger partial charge in [-0.2, -0.15) is 13.2 Å². The predicted octanol–water partition coefficient (Wildman–Crippen LogP) is 7.27. The molecule has 0 aliphatic heterocycles. The molecule has 9 nitrogen and oxygen atoms in total. The van der Waals surface area contributed by atoms with Gasteiger partial charge in [0.1, 0.15) is 11.5 Å². The number of methoxy groups -OCH3 is 1. The number of hydrogen-bond donors (Lipinski definition) is 4. The van der Waals surface area contributed by atoms with Crippen molar-refractivity contribution in [2.45, 2.75) is 6.18 Å². The minimum atomic E-state index is -4.57. The summed E-state index contributed by atoms with van der Waals surface area (Å²) in [6.07, 6.45) is -5.23. The Morgan fingerprint density at radius 2 is 1.65 bits per heavy atom. The van der Waals surface area contributed by atoms with Crippen LogP contribution >= 0.6 is 24.0 Å². The second-order valence-corrected chi connectivity index (χ2v) is 7.69. The van der Waals surface area contributed by atoms with Crippen LogP contribution in [-0.2, 0) is 10.9 Å². The Morgan fingerprint density at radius 1 is 0.946 bits per heavy atom. The van der Waals surface area contributed by atoms with Gasteiger partial charge < -0.3 is 25.1 Å². The van der Waals surface area contributed by atoms with Gasteiger partial charge in [0, 0.05) is 11.8 Å². The van der Waals surface area contributed by atoms with E-state index in [1.807, 2.05) is 0 Å². The quantitative estimate of drug-likeness (QED) is 0.206. The molecule has 1 aromatic heterocycles. The number of urea groups is 1. The lowest BCUT2D eigenvalue weighted by Crippen LogP contribution is -2.20. The zero-order valence-electron chi connectivity index (χ0n) is 18.8. The van der Waals surface area contributed by atoms with Gasteiger partial charge in [0.25, 0.3) is 0 Å². The van der Waals surface area contributed by atoms with Gasteiger partial charge in [-0.15, -0.1) is 12.4 Å². The van der Waals surface area contributed by atoms with Crippen LogP contribution in [0, 0.1) is 0 Å². The molecule has 37 heavy (non-hydrogen) atoms. The fourth-order valence-corrected chi connectivity index (χ4v) is 3.25. The lowest BCUT2D eigenvalue weighted by molar-refractivity contribution is -0.137. The maximum Gasteiger partial charge on any atom is 0.416 e. The van der Waals surface area contributed by atoms with Crippen LogP contribution in [0.25, 0.3) is 11.0 Å². The highest BCUT2D eigenvalue weighted by molar-refractivity contribution is 6.33. The monoisotopic (exact) mass is 555 g/mol. The molecule has 14 heteroatoms. The molecular weight excluding hydrogens is 538 g/mol. The summed E-state index contributed by atoms with van der Waals surface area (Å²) < 4.78 is 49.1. The molecule has 0 saturated carbocycles. The molecule has 3 aromatic carbocycles. The van der Waals surface area contributed by atoms with Crippen molar-refractivity contribution < 1.29 is 32.2 Å². The number of aromatic amines is 1. The molecule has 4 rings (SSSR count). The average molecular weight is 556 g/mol. The summed E-state index contributed by atoms with van der Waals surface area (Å²) in [5, 5.41) is 7.21. The van der Waals surface area contributed by atoms with Crippen molar-refractivity contribution in [2.75, 3.05) is 23.1 Å². The number of halogens is 5. The Bertz CT molecular complexity index is 1430. The van der Waals surface area contributed by atoms with Gasteiger partial charge >= 0.3 is 18.3 Å². The fraction of sp³-hybridized carbons (Fsp3) is 0.0870. The molecule has 0 spiro atoms. The van der Waals surface area contributed by atoms with E-state index in [4.69, 9.17) is 16.3 Å². The highest BCUT2D eigenvalue weighted by Crippen LogP contribution is 2.34. The van der Waals surface area contributed by atoms with Crippen LogP contribution in [0.4, 0.5) is 40.1 Å². The molecular formula is C23H18Cl2F3N5O4. The summed E-state index contributed by atoms with van der Waals surface area (Å²) in [7, 11) is 1.24. The van der Waals surface area contributed by atoms with Crippen molar-refractivity contribution in [3.8, 4) is 11.5 Å². The predicted molar refractivity (Wildman–Crippen MR) is 135 cm³/mol. The van der Waals surface area contributed by atoms with Crippen LogP contribution in [0.15, 0.2) is 60.7 Å². The molecule has 0 radical (unpaired) electrons. The molecule has 0 bridgehead atoms. The van der Waals surface area contributed by atoms with E-state index in [1.54, 1.807) is 42.5 Å². The number of rotatable bonds is 5. The van der Waals surface area contributed by atoms with E-state index in [9.17, 15) is 22.8 Å². The van der Waals surface area contributed by atoms with Crippen LogP contribution in [0.1, 0.15) is 5.56 Å². The number of hydrogen-bond acceptors (Lipinski definition) is 5. The highest BCUT2D eigenvalue weighted by atomic mass is 35.5. The summed E-state index contributed by atoms with van der Waals surface area (Å²) in [6.45, 7) is 0. The van der Waals surface area contributed by atoms with E-state index < -0.39 is 23.9 Å². The van der Waals surface area contributed by atoms with Crippen molar-refractivity contribution in [1.29, 1.82) is 0 Å². The summed E-state index contributed by atoms with van der Waals surface area (Å²) in [4.78, 5) is 30.7. The standard InChI is InChI=1S/C23H17ClF3N5O4.ClH/c1-35-22(34)32-20-29-17-9-7-15(11-19(17)30-20)36-14-5-3-13(4-6-14)28-21(33)31-18-10-12(23(25,26)27)2-8-16(18)24;/h2-11H,1H3,(H2,28,31,33)(H2,29,30,32,34);1H. The second kappa shape index (κ2) is 11.3. The number of nitrogens with one attached hydrogen (secondary N) is 4. The minimum Gasteiger partial charge on any atom is -0.457 e. The van der Waals surface area contributed by atoms with Crippen LogP contribution in [0.5, 0.6) is 11.5 Å². The van der Waals surface area contributed by atoms with E-state index in [1.165, 1.54) is 7.11 Å². The maximum atomic E-state index is 12.9. The van der Waals surface area contributed by atoms with Crippen LogP contribution in [0.2, 0.25) is 5.02 Å². The Balaban J connectivity index is 0.00000380. The number of carbonyl (C=O) groups excluding carboxylic acids is 2. The SMILES string of the molecule is COC(=O)Nc1nc2ccc(Oc3ccc(NC(=O)Nc4cc(C(F)(F)F)ccc4Cl)cc3)cc2[nH]1.Cl. The fourth-order valence-electron chi connectivity index (χ4n) is 3.08. The zero-order chi connectivity index (χ0) is 25.9. The average Bonchev–Trinajstić information content (AvgIpc) is 3.22. The topological polar surface area (TPSA) is 117 Å². The summed E-state index contributed by atoms with van der Waals surface area (Å²) in [5.74, 6) is 1.15. The van der Waals surface area contributed by atoms with Gasteiger partial charge in [-0.1, -0.05) is 11.6 Å². The van der Waals surface area contributed by atoms with E-state index in [-0.39, 0.29) is 29.1 Å². The maximum absolute atomic E-state index is 12.9. The van der Waals surface area contributed by atoms with E-state index in [0.717, 1.165) is 18.2 Å². The number of carbonyl (C=O) groups is 2.